The second kappa shape index (κ2) is 17.2. The molecular formula is C41H50N6O10. The lowest BCUT2D eigenvalue weighted by Gasteiger charge is -2.39. The summed E-state index contributed by atoms with van der Waals surface area (Å²) in [7, 11) is 0. The smallest absolute Gasteiger partial charge is 0.328 e. The van der Waals surface area contributed by atoms with E-state index in [1.165, 1.54) is 14.7 Å². The minimum absolute atomic E-state index is 0.0505. The molecule has 3 N–H and O–H groups in total. The van der Waals surface area contributed by atoms with Crippen LogP contribution in [0.5, 0.6) is 11.5 Å². The number of hydrogen-bond acceptors (Lipinski definition) is 10. The summed E-state index contributed by atoms with van der Waals surface area (Å²) >= 11 is 0. The average Bonchev–Trinajstić information content (AvgIpc) is 3.98. The van der Waals surface area contributed by atoms with Gasteiger partial charge >= 0.3 is 5.97 Å². The molecule has 2 aromatic carbocycles. The van der Waals surface area contributed by atoms with E-state index in [9.17, 15) is 33.6 Å². The molecule has 0 saturated carbocycles. The number of nitrogens with one attached hydrogen (secondary N) is 3. The molecule has 5 heterocycles. The second-order valence-corrected chi connectivity index (χ2v) is 15.7. The van der Waals surface area contributed by atoms with E-state index in [2.05, 4.69) is 16.0 Å². The van der Waals surface area contributed by atoms with E-state index in [1.54, 1.807) is 25.1 Å². The number of piperidine rings is 1. The number of esters is 1. The third-order valence-electron chi connectivity index (χ3n) is 11.4. The third-order valence-corrected chi connectivity index (χ3v) is 11.4. The van der Waals surface area contributed by atoms with Gasteiger partial charge in [0, 0.05) is 26.1 Å². The molecule has 4 fully saturated rings. The van der Waals surface area contributed by atoms with E-state index in [4.69, 9.17) is 14.2 Å². The van der Waals surface area contributed by atoms with Crippen LogP contribution in [0.15, 0.2) is 48.5 Å². The molecule has 16 nitrogen and oxygen atoms in total. The van der Waals surface area contributed by atoms with Crippen molar-refractivity contribution in [3.63, 3.8) is 0 Å². The number of ether oxygens (including phenoxy) is 3. The number of nitrogens with zero attached hydrogens (tertiary/aromatic N) is 3. The summed E-state index contributed by atoms with van der Waals surface area (Å²) in [5, 5.41) is 8.38. The molecular weight excluding hydrogens is 736 g/mol. The van der Waals surface area contributed by atoms with Crippen molar-refractivity contribution in [3.05, 3.63) is 59.7 Å². The zero-order chi connectivity index (χ0) is 40.2. The summed E-state index contributed by atoms with van der Waals surface area (Å²) in [6.07, 6.45) is 2.94. The Hall–Kier alpha value is -5.67. The number of cyclic esters (lactones) is 1. The SMILES string of the molecule is C[C@H]1C[C@H]2C(=O)OC[C@H](NC(=O)[C@H](Cc3ccccc3)NC(=O)Cc3ccc4c(c3)OCO4)C(=O)N3CCC[C@H]3C(=O)N3CCCC[C@H]3C(=O)N[C@@H](C)C(=O)N2C1. The Balaban J connectivity index is 1.16. The molecule has 0 radical (unpaired) electrons. The first kappa shape index (κ1) is 39.6. The lowest BCUT2D eigenvalue weighted by Crippen LogP contribution is -2.62. The van der Waals surface area contributed by atoms with Crippen molar-refractivity contribution >= 4 is 41.4 Å². The highest BCUT2D eigenvalue weighted by molar-refractivity contribution is 5.98. The van der Waals surface area contributed by atoms with E-state index in [0.29, 0.717) is 62.1 Å². The summed E-state index contributed by atoms with van der Waals surface area (Å²) in [4.78, 5) is 102. The van der Waals surface area contributed by atoms with E-state index < -0.39 is 78.4 Å². The van der Waals surface area contributed by atoms with Crippen molar-refractivity contribution in [2.45, 2.75) is 101 Å². The number of benzene rings is 2. The minimum atomic E-state index is -1.44. The third kappa shape index (κ3) is 8.84. The van der Waals surface area contributed by atoms with Gasteiger partial charge in [-0.3, -0.25) is 28.8 Å². The maximum Gasteiger partial charge on any atom is 0.328 e. The van der Waals surface area contributed by atoms with E-state index in [0.717, 1.165) is 5.56 Å². The molecule has 4 saturated heterocycles. The van der Waals surface area contributed by atoms with Crippen molar-refractivity contribution in [2.75, 3.05) is 33.0 Å². The molecule has 5 aliphatic rings. The van der Waals surface area contributed by atoms with Gasteiger partial charge in [0.15, 0.2) is 11.5 Å². The van der Waals surface area contributed by atoms with Gasteiger partial charge in [0.25, 0.3) is 0 Å². The Morgan fingerprint density at radius 2 is 1.53 bits per heavy atom. The van der Waals surface area contributed by atoms with Gasteiger partial charge in [-0.05, 0) is 74.6 Å². The van der Waals surface area contributed by atoms with E-state index in [-0.39, 0.29) is 44.5 Å². The van der Waals surface area contributed by atoms with Gasteiger partial charge in [0.2, 0.25) is 42.2 Å². The molecule has 0 aromatic heterocycles. The molecule has 7 rings (SSSR count). The number of fused-ring (bicyclic) bond motifs is 4. The first-order valence-electron chi connectivity index (χ1n) is 19.9. The van der Waals surface area contributed by atoms with Crippen LogP contribution >= 0.6 is 0 Å². The Labute approximate surface area is 330 Å². The molecule has 57 heavy (non-hydrogen) atoms. The number of rotatable bonds is 7. The van der Waals surface area contributed by atoms with Crippen LogP contribution in [0.3, 0.4) is 0 Å². The van der Waals surface area contributed by atoms with Crippen molar-refractivity contribution in [1.82, 2.24) is 30.7 Å². The first-order chi connectivity index (χ1) is 27.5. The maximum absolute atomic E-state index is 14.5. The first-order valence-corrected chi connectivity index (χ1v) is 19.9. The highest BCUT2D eigenvalue weighted by Crippen LogP contribution is 2.33. The molecule has 5 aliphatic heterocycles. The average molecular weight is 787 g/mol. The van der Waals surface area contributed by atoms with Gasteiger partial charge in [0.05, 0.1) is 6.42 Å². The fourth-order valence-corrected chi connectivity index (χ4v) is 8.53. The van der Waals surface area contributed by atoms with Gasteiger partial charge < -0.3 is 44.9 Å². The van der Waals surface area contributed by atoms with Crippen molar-refractivity contribution in [1.29, 1.82) is 0 Å². The fraction of sp³-hybridized carbons (Fsp3) is 0.537. The van der Waals surface area contributed by atoms with Gasteiger partial charge in [-0.1, -0.05) is 43.3 Å². The van der Waals surface area contributed by atoms with Gasteiger partial charge in [-0.2, -0.15) is 0 Å². The molecule has 16 heteroatoms. The standard InChI is InChI=1S/C41H50N6O10/c1-24-17-32-41(54)55-22-29(44-36(49)28(18-26-9-4-3-5-10-26)43-35(48)20-27-13-14-33-34(19-27)57-23-56-33)39(52)46-16-8-12-31(46)40(53)45-15-7-6-11-30(45)37(50)42-25(2)38(51)47(32)21-24/h3-5,9-10,13-14,19,24-25,28-32H,6-8,11-12,15-18,20-23H2,1-2H3,(H,42,50)(H,43,48)(H,44,49)/t24-,25-,28-,29-,30-,31-,32-/m0/s1. The second-order valence-electron chi connectivity index (χ2n) is 15.7. The lowest BCUT2D eigenvalue weighted by atomic mass is 9.99. The molecule has 2 aromatic rings. The highest BCUT2D eigenvalue weighted by atomic mass is 16.7. The Morgan fingerprint density at radius 1 is 0.789 bits per heavy atom. The zero-order valence-electron chi connectivity index (χ0n) is 32.3. The van der Waals surface area contributed by atoms with Crippen LogP contribution in [0, 0.1) is 5.92 Å². The van der Waals surface area contributed by atoms with Crippen molar-refractivity contribution in [2.24, 2.45) is 5.92 Å². The largest absolute Gasteiger partial charge is 0.461 e. The number of carbonyl (C=O) groups excluding carboxylic acids is 7. The Bertz CT molecular complexity index is 1890. The van der Waals surface area contributed by atoms with Crippen LogP contribution in [0.1, 0.15) is 63.5 Å². The van der Waals surface area contributed by atoms with Gasteiger partial charge in [-0.15, -0.1) is 0 Å². The highest BCUT2D eigenvalue weighted by Gasteiger charge is 2.46. The molecule has 0 unspecified atom stereocenters. The summed E-state index contributed by atoms with van der Waals surface area (Å²) in [5.74, 6) is -2.83. The monoisotopic (exact) mass is 786 g/mol. The van der Waals surface area contributed by atoms with Crippen LogP contribution < -0.4 is 25.4 Å². The Morgan fingerprint density at radius 3 is 2.33 bits per heavy atom. The molecule has 304 valence electrons. The van der Waals surface area contributed by atoms with Gasteiger partial charge in [-0.25, -0.2) is 4.79 Å². The van der Waals surface area contributed by atoms with E-state index in [1.807, 2.05) is 37.3 Å². The summed E-state index contributed by atoms with van der Waals surface area (Å²) in [5.41, 5.74) is 1.38. The summed E-state index contributed by atoms with van der Waals surface area (Å²) in [6, 6.07) is 7.95. The van der Waals surface area contributed by atoms with Crippen LogP contribution in [0.4, 0.5) is 0 Å². The predicted octanol–water partition coefficient (Wildman–Crippen LogP) is 0.841. The van der Waals surface area contributed by atoms with Crippen LogP contribution in [-0.2, 0) is 51.1 Å². The van der Waals surface area contributed by atoms with Gasteiger partial charge in [0.1, 0.15) is 42.9 Å². The minimum Gasteiger partial charge on any atom is -0.461 e. The zero-order valence-corrected chi connectivity index (χ0v) is 32.3. The Kier molecular flexibility index (Phi) is 12.0. The molecule has 0 bridgehead atoms. The summed E-state index contributed by atoms with van der Waals surface area (Å²) in [6.45, 7) is 3.75. The van der Waals surface area contributed by atoms with Crippen LogP contribution in [0.25, 0.3) is 0 Å². The maximum atomic E-state index is 14.5. The molecule has 7 atom stereocenters. The number of hydrogen-bond donors (Lipinski definition) is 3. The molecule has 6 amide bonds. The predicted molar refractivity (Wildman–Crippen MR) is 202 cm³/mol. The number of amides is 6. The van der Waals surface area contributed by atoms with Crippen LogP contribution in [0.2, 0.25) is 0 Å². The molecule has 0 spiro atoms. The topological polar surface area (TPSA) is 193 Å². The molecule has 0 aliphatic carbocycles. The van der Waals surface area contributed by atoms with E-state index >= 15 is 0 Å². The lowest BCUT2D eigenvalue weighted by molar-refractivity contribution is -0.158. The number of carbonyl (C=O) groups is 7. The normalized spacial score (nSPS) is 27.2. The van der Waals surface area contributed by atoms with Crippen LogP contribution in [-0.4, -0.2) is 125 Å². The fourth-order valence-electron chi connectivity index (χ4n) is 8.53. The van der Waals surface area contributed by atoms with Crippen molar-refractivity contribution < 1.29 is 47.8 Å². The quantitative estimate of drug-likeness (QED) is 0.339. The van der Waals surface area contributed by atoms with Crippen molar-refractivity contribution in [3.8, 4) is 11.5 Å². The summed E-state index contributed by atoms with van der Waals surface area (Å²) < 4.78 is 16.6.